The third kappa shape index (κ3) is 3.35. The Morgan fingerprint density at radius 2 is 2.05 bits per heavy atom. The normalized spacial score (nSPS) is 10.8. The fourth-order valence-electron chi connectivity index (χ4n) is 1.72. The molecular formula is C16H16O3. The molecule has 3 heteroatoms. The van der Waals surface area contributed by atoms with E-state index in [2.05, 4.69) is 0 Å². The first kappa shape index (κ1) is 13.1. The molecule has 0 aliphatic carbocycles. The van der Waals surface area contributed by atoms with Crippen LogP contribution in [0, 0.1) is 6.92 Å². The molecule has 3 nitrogen and oxygen atoms in total. The number of benzene rings is 1. The van der Waals surface area contributed by atoms with Gasteiger partial charge in [-0.05, 0) is 44.2 Å². The SMILES string of the molecule is CCOc1ccccc1/C=C/C(=O)c1ccc(C)o1. The first-order valence-electron chi connectivity index (χ1n) is 6.21. The summed E-state index contributed by atoms with van der Waals surface area (Å²) in [6.45, 7) is 4.33. The van der Waals surface area contributed by atoms with Crippen LogP contribution in [0.15, 0.2) is 46.9 Å². The van der Waals surface area contributed by atoms with E-state index in [1.54, 1.807) is 18.2 Å². The quantitative estimate of drug-likeness (QED) is 0.602. The van der Waals surface area contributed by atoms with Crippen molar-refractivity contribution in [2.24, 2.45) is 0 Å². The summed E-state index contributed by atoms with van der Waals surface area (Å²) in [5.41, 5.74) is 0.876. The summed E-state index contributed by atoms with van der Waals surface area (Å²) in [6.07, 6.45) is 3.24. The lowest BCUT2D eigenvalue weighted by molar-refractivity contribution is 0.102. The topological polar surface area (TPSA) is 39.4 Å². The highest BCUT2D eigenvalue weighted by Crippen LogP contribution is 2.19. The van der Waals surface area contributed by atoms with E-state index >= 15 is 0 Å². The van der Waals surface area contributed by atoms with Crippen molar-refractivity contribution in [2.75, 3.05) is 6.61 Å². The van der Waals surface area contributed by atoms with Crippen molar-refractivity contribution >= 4 is 11.9 Å². The zero-order valence-electron chi connectivity index (χ0n) is 11.1. The lowest BCUT2D eigenvalue weighted by Crippen LogP contribution is -1.94. The molecule has 0 spiro atoms. The zero-order chi connectivity index (χ0) is 13.7. The number of ether oxygens (including phenoxy) is 1. The lowest BCUT2D eigenvalue weighted by Gasteiger charge is -2.05. The van der Waals surface area contributed by atoms with E-state index in [9.17, 15) is 4.79 Å². The molecule has 0 aliphatic heterocycles. The van der Waals surface area contributed by atoms with Crippen molar-refractivity contribution in [1.29, 1.82) is 0 Å². The molecular weight excluding hydrogens is 240 g/mol. The second kappa shape index (κ2) is 6.05. The second-order valence-electron chi connectivity index (χ2n) is 4.08. The average molecular weight is 256 g/mol. The molecule has 19 heavy (non-hydrogen) atoms. The Hall–Kier alpha value is -2.29. The third-order valence-corrected chi connectivity index (χ3v) is 2.62. The van der Waals surface area contributed by atoms with E-state index in [1.165, 1.54) is 6.08 Å². The summed E-state index contributed by atoms with van der Waals surface area (Å²) in [5.74, 6) is 1.69. The van der Waals surface area contributed by atoms with E-state index in [0.29, 0.717) is 12.4 Å². The molecule has 0 bridgehead atoms. The number of furan rings is 1. The number of aryl methyl sites for hydroxylation is 1. The maximum Gasteiger partial charge on any atom is 0.221 e. The molecule has 2 aromatic rings. The smallest absolute Gasteiger partial charge is 0.221 e. The number of hydrogen-bond acceptors (Lipinski definition) is 3. The summed E-state index contributed by atoms with van der Waals surface area (Å²) < 4.78 is 10.8. The zero-order valence-corrected chi connectivity index (χ0v) is 11.1. The highest BCUT2D eigenvalue weighted by Gasteiger charge is 2.06. The van der Waals surface area contributed by atoms with Gasteiger partial charge in [-0.25, -0.2) is 0 Å². The molecule has 0 saturated heterocycles. The molecule has 0 saturated carbocycles. The molecule has 0 radical (unpaired) electrons. The molecule has 98 valence electrons. The fraction of sp³-hybridized carbons (Fsp3) is 0.188. The van der Waals surface area contributed by atoms with Crippen LogP contribution in [0.4, 0.5) is 0 Å². The van der Waals surface area contributed by atoms with Gasteiger partial charge in [0.1, 0.15) is 11.5 Å². The molecule has 0 aliphatic rings. The van der Waals surface area contributed by atoms with Gasteiger partial charge in [0.2, 0.25) is 5.78 Å². The minimum atomic E-state index is -0.153. The second-order valence-corrected chi connectivity index (χ2v) is 4.08. The van der Waals surface area contributed by atoms with E-state index in [-0.39, 0.29) is 5.78 Å². The summed E-state index contributed by atoms with van der Waals surface area (Å²) >= 11 is 0. The average Bonchev–Trinajstić information content (AvgIpc) is 2.84. The van der Waals surface area contributed by atoms with E-state index < -0.39 is 0 Å². The predicted molar refractivity (Wildman–Crippen MR) is 74.4 cm³/mol. The minimum Gasteiger partial charge on any atom is -0.493 e. The van der Waals surface area contributed by atoms with Crippen molar-refractivity contribution in [3.8, 4) is 5.75 Å². The van der Waals surface area contributed by atoms with Crippen LogP contribution in [0.25, 0.3) is 6.08 Å². The predicted octanol–water partition coefficient (Wildman–Crippen LogP) is 3.88. The first-order valence-corrected chi connectivity index (χ1v) is 6.21. The number of carbonyl (C=O) groups is 1. The molecule has 1 aromatic heterocycles. The Kier molecular flexibility index (Phi) is 4.18. The van der Waals surface area contributed by atoms with Crippen LogP contribution in [-0.4, -0.2) is 12.4 Å². The summed E-state index contributed by atoms with van der Waals surface area (Å²) in [5, 5.41) is 0. The van der Waals surface area contributed by atoms with Gasteiger partial charge in [-0.15, -0.1) is 0 Å². The molecule has 0 amide bonds. The number of allylic oxidation sites excluding steroid dienone is 1. The van der Waals surface area contributed by atoms with E-state index in [1.807, 2.05) is 38.1 Å². The van der Waals surface area contributed by atoms with Gasteiger partial charge in [-0.1, -0.05) is 18.2 Å². The standard InChI is InChI=1S/C16H16O3/c1-3-18-15-7-5-4-6-13(15)9-10-14(17)16-11-8-12(2)19-16/h4-11H,3H2,1-2H3/b10-9+. The van der Waals surface area contributed by atoms with Gasteiger partial charge in [0.05, 0.1) is 6.61 Å². The van der Waals surface area contributed by atoms with Gasteiger partial charge in [0, 0.05) is 5.56 Å². The fourth-order valence-corrected chi connectivity index (χ4v) is 1.72. The van der Waals surface area contributed by atoms with Crippen molar-refractivity contribution in [1.82, 2.24) is 0 Å². The molecule has 0 unspecified atom stereocenters. The Morgan fingerprint density at radius 3 is 2.74 bits per heavy atom. The van der Waals surface area contributed by atoms with Gasteiger partial charge in [-0.2, -0.15) is 0 Å². The molecule has 0 atom stereocenters. The Labute approximate surface area is 112 Å². The highest BCUT2D eigenvalue weighted by atomic mass is 16.5. The van der Waals surface area contributed by atoms with E-state index in [4.69, 9.17) is 9.15 Å². The van der Waals surface area contributed by atoms with Crippen LogP contribution in [0.3, 0.4) is 0 Å². The van der Waals surface area contributed by atoms with Gasteiger partial charge in [0.25, 0.3) is 0 Å². The van der Waals surface area contributed by atoms with Crippen LogP contribution in [-0.2, 0) is 0 Å². The largest absolute Gasteiger partial charge is 0.493 e. The maximum atomic E-state index is 11.9. The number of para-hydroxylation sites is 1. The van der Waals surface area contributed by atoms with Crippen LogP contribution in [0.2, 0.25) is 0 Å². The molecule has 0 fully saturated rings. The monoisotopic (exact) mass is 256 g/mol. The van der Waals surface area contributed by atoms with Crippen LogP contribution in [0.1, 0.15) is 28.8 Å². The van der Waals surface area contributed by atoms with Crippen molar-refractivity contribution < 1.29 is 13.9 Å². The van der Waals surface area contributed by atoms with Crippen molar-refractivity contribution in [3.05, 3.63) is 59.6 Å². The number of rotatable bonds is 5. The van der Waals surface area contributed by atoms with Crippen molar-refractivity contribution in [3.63, 3.8) is 0 Å². The van der Waals surface area contributed by atoms with Crippen LogP contribution in [0.5, 0.6) is 5.75 Å². The Morgan fingerprint density at radius 1 is 1.26 bits per heavy atom. The third-order valence-electron chi connectivity index (χ3n) is 2.62. The summed E-state index contributed by atoms with van der Waals surface area (Å²) in [4.78, 5) is 11.9. The van der Waals surface area contributed by atoms with Crippen molar-refractivity contribution in [2.45, 2.75) is 13.8 Å². The Balaban J connectivity index is 2.16. The van der Waals surface area contributed by atoms with Crippen LogP contribution < -0.4 is 4.74 Å². The summed E-state index contributed by atoms with van der Waals surface area (Å²) in [6, 6.07) is 11.0. The summed E-state index contributed by atoms with van der Waals surface area (Å²) in [7, 11) is 0. The minimum absolute atomic E-state index is 0.153. The maximum absolute atomic E-state index is 11.9. The first-order chi connectivity index (χ1) is 9.20. The number of ketones is 1. The van der Waals surface area contributed by atoms with Crippen LogP contribution >= 0.6 is 0 Å². The number of hydrogen-bond donors (Lipinski definition) is 0. The highest BCUT2D eigenvalue weighted by molar-refractivity contribution is 6.05. The Bertz CT molecular complexity index is 594. The van der Waals surface area contributed by atoms with Gasteiger partial charge >= 0.3 is 0 Å². The van der Waals surface area contributed by atoms with E-state index in [0.717, 1.165) is 17.1 Å². The molecule has 0 N–H and O–H groups in total. The lowest BCUT2D eigenvalue weighted by atomic mass is 10.1. The van der Waals surface area contributed by atoms with Gasteiger partial charge in [-0.3, -0.25) is 4.79 Å². The molecule has 2 rings (SSSR count). The van der Waals surface area contributed by atoms with Gasteiger partial charge < -0.3 is 9.15 Å². The molecule has 1 heterocycles. The molecule has 1 aromatic carbocycles. The van der Waals surface area contributed by atoms with Gasteiger partial charge in [0.15, 0.2) is 5.76 Å². The number of carbonyl (C=O) groups excluding carboxylic acids is 1.